The molecule has 0 spiro atoms. The second kappa shape index (κ2) is 9.45. The molecule has 2 aromatic carbocycles. The lowest BCUT2D eigenvalue weighted by molar-refractivity contribution is -0.128. The zero-order chi connectivity index (χ0) is 20.8. The second-order valence-corrected chi connectivity index (χ2v) is 7.10. The smallest absolute Gasteiger partial charge is 0.232 e. The molecule has 0 bridgehead atoms. The fourth-order valence-electron chi connectivity index (χ4n) is 3.75. The van der Waals surface area contributed by atoms with Crippen molar-refractivity contribution in [1.82, 2.24) is 4.90 Å². The van der Waals surface area contributed by atoms with Crippen molar-refractivity contribution in [2.75, 3.05) is 38.8 Å². The topological polar surface area (TPSA) is 59.1 Å². The summed E-state index contributed by atoms with van der Waals surface area (Å²) in [6.07, 6.45) is 0.970. The van der Waals surface area contributed by atoms with Gasteiger partial charge in [0, 0.05) is 31.7 Å². The molecule has 0 aromatic heterocycles. The first kappa shape index (κ1) is 20.7. The number of carbonyl (C=O) groups excluding carboxylic acids is 2. The van der Waals surface area contributed by atoms with Gasteiger partial charge in [0.05, 0.1) is 20.1 Å². The third kappa shape index (κ3) is 4.70. The number of anilines is 1. The molecule has 1 saturated heterocycles. The van der Waals surface area contributed by atoms with Gasteiger partial charge in [0.25, 0.3) is 0 Å². The van der Waals surface area contributed by atoms with E-state index in [0.29, 0.717) is 37.6 Å². The molecule has 6 heteroatoms. The number of hydrogen-bond donors (Lipinski definition) is 0. The number of carbonyl (C=O) groups is 2. The SMILES string of the molecule is CCN(C(=O)[C@@H]1CC(=O)N(CCc2ccc(OC)c(OC)c2)C1)c1ccccc1. The second-order valence-electron chi connectivity index (χ2n) is 7.10. The van der Waals surface area contributed by atoms with Gasteiger partial charge in [-0.2, -0.15) is 0 Å². The summed E-state index contributed by atoms with van der Waals surface area (Å²) in [6.45, 7) is 3.58. The maximum absolute atomic E-state index is 13.0. The van der Waals surface area contributed by atoms with Crippen molar-refractivity contribution >= 4 is 17.5 Å². The third-order valence-corrected chi connectivity index (χ3v) is 5.33. The molecular formula is C23H28N2O4. The number of hydrogen-bond acceptors (Lipinski definition) is 4. The van der Waals surface area contributed by atoms with Gasteiger partial charge < -0.3 is 19.3 Å². The fraction of sp³-hybridized carbons (Fsp3) is 0.391. The van der Waals surface area contributed by atoms with E-state index in [1.807, 2.05) is 55.5 Å². The molecule has 1 fully saturated rings. The summed E-state index contributed by atoms with van der Waals surface area (Å²) in [6, 6.07) is 15.4. The van der Waals surface area contributed by atoms with Crippen molar-refractivity contribution in [3.8, 4) is 11.5 Å². The van der Waals surface area contributed by atoms with Gasteiger partial charge >= 0.3 is 0 Å². The standard InChI is InChI=1S/C23H28N2O4/c1-4-25(19-8-6-5-7-9-19)23(27)18-15-22(26)24(16-18)13-12-17-10-11-20(28-2)21(14-17)29-3/h5-11,14,18H,4,12-13,15-16H2,1-3H3/t18-/m1/s1. The van der Waals surface area contributed by atoms with Gasteiger partial charge in [0.15, 0.2) is 11.5 Å². The molecule has 0 radical (unpaired) electrons. The quantitative estimate of drug-likeness (QED) is 0.688. The lowest BCUT2D eigenvalue weighted by atomic mass is 10.1. The molecule has 1 atom stereocenters. The van der Waals surface area contributed by atoms with Gasteiger partial charge in [-0.05, 0) is 43.2 Å². The van der Waals surface area contributed by atoms with E-state index in [9.17, 15) is 9.59 Å². The summed E-state index contributed by atoms with van der Waals surface area (Å²) in [5.74, 6) is 1.11. The molecule has 0 unspecified atom stereocenters. The minimum Gasteiger partial charge on any atom is -0.493 e. The number of para-hydroxylation sites is 1. The van der Waals surface area contributed by atoms with Crippen LogP contribution in [-0.2, 0) is 16.0 Å². The summed E-state index contributed by atoms with van der Waals surface area (Å²) in [4.78, 5) is 29.1. The number of ether oxygens (including phenoxy) is 2. The van der Waals surface area contributed by atoms with Crippen molar-refractivity contribution in [2.24, 2.45) is 5.92 Å². The number of amides is 2. The van der Waals surface area contributed by atoms with Crippen LogP contribution >= 0.6 is 0 Å². The van der Waals surface area contributed by atoms with E-state index in [4.69, 9.17) is 9.47 Å². The number of benzene rings is 2. The van der Waals surface area contributed by atoms with E-state index in [1.54, 1.807) is 24.0 Å². The molecule has 2 amide bonds. The lowest BCUT2D eigenvalue weighted by Crippen LogP contribution is -2.37. The molecular weight excluding hydrogens is 368 g/mol. The Morgan fingerprint density at radius 1 is 1.10 bits per heavy atom. The Labute approximate surface area is 172 Å². The van der Waals surface area contributed by atoms with Crippen molar-refractivity contribution in [1.29, 1.82) is 0 Å². The van der Waals surface area contributed by atoms with E-state index >= 15 is 0 Å². The Kier molecular flexibility index (Phi) is 6.75. The number of methoxy groups -OCH3 is 2. The predicted octanol–water partition coefficient (Wildman–Crippen LogP) is 3.15. The summed E-state index contributed by atoms with van der Waals surface area (Å²) >= 11 is 0. The molecule has 2 aromatic rings. The largest absolute Gasteiger partial charge is 0.493 e. The maximum atomic E-state index is 13.0. The molecule has 0 aliphatic carbocycles. The lowest BCUT2D eigenvalue weighted by Gasteiger charge is -2.24. The van der Waals surface area contributed by atoms with E-state index in [2.05, 4.69) is 0 Å². The monoisotopic (exact) mass is 396 g/mol. The molecule has 0 saturated carbocycles. The Morgan fingerprint density at radius 3 is 2.48 bits per heavy atom. The highest BCUT2D eigenvalue weighted by molar-refractivity contribution is 5.99. The van der Waals surface area contributed by atoms with Crippen LogP contribution in [0.1, 0.15) is 18.9 Å². The van der Waals surface area contributed by atoms with Crippen LogP contribution in [0.4, 0.5) is 5.69 Å². The highest BCUT2D eigenvalue weighted by Crippen LogP contribution is 2.28. The molecule has 1 heterocycles. The average Bonchev–Trinajstić information content (AvgIpc) is 3.13. The summed E-state index contributed by atoms with van der Waals surface area (Å²) in [5, 5.41) is 0. The van der Waals surface area contributed by atoms with Crippen molar-refractivity contribution < 1.29 is 19.1 Å². The first-order valence-electron chi connectivity index (χ1n) is 9.92. The molecule has 1 aliphatic heterocycles. The zero-order valence-corrected chi connectivity index (χ0v) is 17.3. The summed E-state index contributed by atoms with van der Waals surface area (Å²) < 4.78 is 10.6. The minimum atomic E-state index is -0.298. The predicted molar refractivity (Wildman–Crippen MR) is 112 cm³/mol. The zero-order valence-electron chi connectivity index (χ0n) is 17.3. The van der Waals surface area contributed by atoms with E-state index in [0.717, 1.165) is 11.3 Å². The summed E-state index contributed by atoms with van der Waals surface area (Å²) in [7, 11) is 3.21. The summed E-state index contributed by atoms with van der Waals surface area (Å²) in [5.41, 5.74) is 1.93. The third-order valence-electron chi connectivity index (χ3n) is 5.33. The Balaban J connectivity index is 1.62. The van der Waals surface area contributed by atoms with Crippen LogP contribution in [0.2, 0.25) is 0 Å². The first-order valence-corrected chi connectivity index (χ1v) is 9.92. The first-order chi connectivity index (χ1) is 14.1. The maximum Gasteiger partial charge on any atom is 0.232 e. The van der Waals surface area contributed by atoms with Crippen LogP contribution in [0.15, 0.2) is 48.5 Å². The van der Waals surface area contributed by atoms with Gasteiger partial charge in [0.2, 0.25) is 11.8 Å². The van der Waals surface area contributed by atoms with Gasteiger partial charge in [-0.3, -0.25) is 9.59 Å². The Hall–Kier alpha value is -3.02. The van der Waals surface area contributed by atoms with Crippen molar-refractivity contribution in [3.63, 3.8) is 0 Å². The highest BCUT2D eigenvalue weighted by atomic mass is 16.5. The normalized spacial score (nSPS) is 16.0. The number of rotatable bonds is 8. The molecule has 154 valence electrons. The van der Waals surface area contributed by atoms with Crippen LogP contribution in [0.25, 0.3) is 0 Å². The van der Waals surface area contributed by atoms with E-state index < -0.39 is 0 Å². The molecule has 29 heavy (non-hydrogen) atoms. The van der Waals surface area contributed by atoms with Crippen LogP contribution in [0.3, 0.4) is 0 Å². The molecule has 3 rings (SSSR count). The van der Waals surface area contributed by atoms with Gasteiger partial charge in [0.1, 0.15) is 0 Å². The van der Waals surface area contributed by atoms with Crippen LogP contribution < -0.4 is 14.4 Å². The van der Waals surface area contributed by atoms with Crippen LogP contribution in [-0.4, -0.2) is 50.6 Å². The Bertz CT molecular complexity index is 853. The minimum absolute atomic E-state index is 0.0145. The van der Waals surface area contributed by atoms with Gasteiger partial charge in [-0.1, -0.05) is 24.3 Å². The molecule has 0 N–H and O–H groups in total. The van der Waals surface area contributed by atoms with Crippen molar-refractivity contribution in [3.05, 3.63) is 54.1 Å². The fourth-order valence-corrected chi connectivity index (χ4v) is 3.75. The van der Waals surface area contributed by atoms with E-state index in [1.165, 1.54) is 0 Å². The van der Waals surface area contributed by atoms with Gasteiger partial charge in [-0.25, -0.2) is 0 Å². The van der Waals surface area contributed by atoms with E-state index in [-0.39, 0.29) is 24.2 Å². The molecule has 6 nitrogen and oxygen atoms in total. The van der Waals surface area contributed by atoms with Crippen LogP contribution in [0, 0.1) is 5.92 Å². The van der Waals surface area contributed by atoms with Crippen molar-refractivity contribution in [2.45, 2.75) is 19.8 Å². The highest BCUT2D eigenvalue weighted by Gasteiger charge is 2.36. The Morgan fingerprint density at radius 2 is 1.83 bits per heavy atom. The van der Waals surface area contributed by atoms with Crippen LogP contribution in [0.5, 0.6) is 11.5 Å². The van der Waals surface area contributed by atoms with Gasteiger partial charge in [-0.15, -0.1) is 0 Å². The number of nitrogens with zero attached hydrogens (tertiary/aromatic N) is 2. The number of likely N-dealkylation sites (tertiary alicyclic amines) is 1. The average molecular weight is 396 g/mol. The molecule has 1 aliphatic rings.